The van der Waals surface area contributed by atoms with Gasteiger partial charge in [-0.3, -0.25) is 0 Å². The Morgan fingerprint density at radius 1 is 1.35 bits per heavy atom. The normalized spacial score (nSPS) is 13.2. The molecule has 0 spiro atoms. The van der Waals surface area contributed by atoms with Crippen molar-refractivity contribution in [1.82, 2.24) is 9.97 Å². The van der Waals surface area contributed by atoms with Crippen molar-refractivity contribution in [2.45, 2.75) is 33.3 Å². The highest BCUT2D eigenvalue weighted by atomic mass is 16.5. The summed E-state index contributed by atoms with van der Waals surface area (Å²) >= 11 is 0. The maximum Gasteiger partial charge on any atom is 0.222 e. The Morgan fingerprint density at radius 2 is 1.94 bits per heavy atom. The molecule has 0 bridgehead atoms. The predicted molar refractivity (Wildman–Crippen MR) is 67.2 cm³/mol. The molecule has 0 aromatic carbocycles. The lowest BCUT2D eigenvalue weighted by Gasteiger charge is -2.22. The van der Waals surface area contributed by atoms with Crippen molar-refractivity contribution in [2.24, 2.45) is 5.41 Å². The third kappa shape index (κ3) is 5.49. The van der Waals surface area contributed by atoms with Gasteiger partial charge >= 0.3 is 0 Å². The molecule has 0 saturated heterocycles. The summed E-state index contributed by atoms with van der Waals surface area (Å²) in [4.78, 5) is 8.12. The molecule has 0 aliphatic carbocycles. The summed E-state index contributed by atoms with van der Waals surface area (Å²) in [5.74, 6) is 1.12. The molecule has 0 aliphatic rings. The molecule has 1 atom stereocenters. The zero-order valence-electron chi connectivity index (χ0n) is 10.9. The third-order valence-corrected chi connectivity index (χ3v) is 2.21. The number of aliphatic hydroxyl groups is 1. The lowest BCUT2D eigenvalue weighted by atomic mass is 9.89. The third-order valence-electron chi connectivity index (χ3n) is 2.21. The van der Waals surface area contributed by atoms with Crippen LogP contribution in [0.2, 0.25) is 0 Å². The zero-order chi connectivity index (χ0) is 12.9. The first-order valence-corrected chi connectivity index (χ1v) is 5.69. The molecule has 1 aromatic rings. The molecular weight excluding hydrogens is 218 g/mol. The van der Waals surface area contributed by atoms with Crippen LogP contribution in [-0.4, -0.2) is 34.8 Å². The van der Waals surface area contributed by atoms with E-state index in [0.717, 1.165) is 6.42 Å². The van der Waals surface area contributed by atoms with E-state index < -0.39 is 6.10 Å². The molecule has 5 heteroatoms. The minimum Gasteiger partial charge on any atom is -0.494 e. The van der Waals surface area contributed by atoms with Gasteiger partial charge in [-0.2, -0.15) is 0 Å². The fourth-order valence-electron chi connectivity index (χ4n) is 1.50. The number of aromatic nitrogens is 2. The Balaban J connectivity index is 2.39. The van der Waals surface area contributed by atoms with E-state index in [1.54, 1.807) is 19.5 Å². The predicted octanol–water partition coefficient (Wildman–Crippen LogP) is 1.69. The van der Waals surface area contributed by atoms with Crippen LogP contribution in [0.4, 0.5) is 5.95 Å². The van der Waals surface area contributed by atoms with Crippen LogP contribution in [0, 0.1) is 5.41 Å². The van der Waals surface area contributed by atoms with Gasteiger partial charge in [-0.05, 0) is 11.8 Å². The van der Waals surface area contributed by atoms with Crippen molar-refractivity contribution in [3.63, 3.8) is 0 Å². The summed E-state index contributed by atoms with van der Waals surface area (Å²) in [6.45, 7) is 6.74. The van der Waals surface area contributed by atoms with Crippen molar-refractivity contribution in [1.29, 1.82) is 0 Å². The summed E-state index contributed by atoms with van der Waals surface area (Å²) in [5.41, 5.74) is 0.113. The SMILES string of the molecule is COc1cnc(NCC(O)CC(C)(C)C)nc1. The second-order valence-corrected chi connectivity index (χ2v) is 5.25. The van der Waals surface area contributed by atoms with Crippen LogP contribution in [0.15, 0.2) is 12.4 Å². The number of ether oxygens (including phenoxy) is 1. The van der Waals surface area contributed by atoms with Crippen LogP contribution in [0.1, 0.15) is 27.2 Å². The molecule has 0 fully saturated rings. The molecule has 0 amide bonds. The van der Waals surface area contributed by atoms with E-state index in [1.165, 1.54) is 0 Å². The van der Waals surface area contributed by atoms with Gasteiger partial charge in [0.25, 0.3) is 0 Å². The molecule has 1 unspecified atom stereocenters. The summed E-state index contributed by atoms with van der Waals surface area (Å²) in [6, 6.07) is 0. The van der Waals surface area contributed by atoms with E-state index in [1.807, 2.05) is 0 Å². The van der Waals surface area contributed by atoms with E-state index >= 15 is 0 Å². The molecule has 0 saturated carbocycles. The fourth-order valence-corrected chi connectivity index (χ4v) is 1.50. The van der Waals surface area contributed by atoms with Crippen LogP contribution >= 0.6 is 0 Å². The number of nitrogens with zero attached hydrogens (tertiary/aromatic N) is 2. The van der Waals surface area contributed by atoms with Crippen LogP contribution in [-0.2, 0) is 0 Å². The highest BCUT2D eigenvalue weighted by Gasteiger charge is 2.16. The summed E-state index contributed by atoms with van der Waals surface area (Å²) in [7, 11) is 1.57. The number of hydrogen-bond acceptors (Lipinski definition) is 5. The van der Waals surface area contributed by atoms with Crippen LogP contribution in [0.3, 0.4) is 0 Å². The molecule has 2 N–H and O–H groups in total. The van der Waals surface area contributed by atoms with Gasteiger partial charge in [-0.1, -0.05) is 20.8 Å². The molecule has 5 nitrogen and oxygen atoms in total. The number of hydrogen-bond donors (Lipinski definition) is 2. The van der Waals surface area contributed by atoms with Crippen molar-refractivity contribution >= 4 is 5.95 Å². The van der Waals surface area contributed by atoms with Crippen molar-refractivity contribution in [3.05, 3.63) is 12.4 Å². The Morgan fingerprint density at radius 3 is 2.41 bits per heavy atom. The van der Waals surface area contributed by atoms with Crippen LogP contribution in [0.5, 0.6) is 5.75 Å². The second kappa shape index (κ2) is 5.82. The Labute approximate surface area is 102 Å². The van der Waals surface area contributed by atoms with Crippen molar-refractivity contribution < 1.29 is 9.84 Å². The average molecular weight is 239 g/mol. The molecule has 1 heterocycles. The number of rotatable bonds is 5. The van der Waals surface area contributed by atoms with E-state index in [2.05, 4.69) is 36.1 Å². The molecular formula is C12H21N3O2. The Kier molecular flexibility index (Phi) is 4.69. The Bertz CT molecular complexity index is 333. The zero-order valence-corrected chi connectivity index (χ0v) is 10.9. The molecule has 96 valence electrons. The maximum absolute atomic E-state index is 9.80. The first-order chi connectivity index (χ1) is 7.90. The summed E-state index contributed by atoms with van der Waals surface area (Å²) in [6.07, 6.45) is 3.51. The molecule has 17 heavy (non-hydrogen) atoms. The summed E-state index contributed by atoms with van der Waals surface area (Å²) < 4.78 is 4.96. The van der Waals surface area contributed by atoms with Gasteiger partial charge in [0, 0.05) is 6.54 Å². The number of methoxy groups -OCH3 is 1. The van der Waals surface area contributed by atoms with Gasteiger partial charge in [0.1, 0.15) is 0 Å². The minimum absolute atomic E-state index is 0.113. The molecule has 1 aromatic heterocycles. The topological polar surface area (TPSA) is 67.3 Å². The van der Waals surface area contributed by atoms with Gasteiger partial charge < -0.3 is 15.2 Å². The second-order valence-electron chi connectivity index (χ2n) is 5.25. The molecule has 0 aliphatic heterocycles. The number of anilines is 1. The average Bonchev–Trinajstić information content (AvgIpc) is 2.25. The quantitative estimate of drug-likeness (QED) is 0.818. The maximum atomic E-state index is 9.80. The van der Waals surface area contributed by atoms with Gasteiger partial charge in [0.05, 0.1) is 25.6 Å². The van der Waals surface area contributed by atoms with E-state index in [-0.39, 0.29) is 5.41 Å². The van der Waals surface area contributed by atoms with Gasteiger partial charge in [0.2, 0.25) is 5.95 Å². The monoisotopic (exact) mass is 239 g/mol. The van der Waals surface area contributed by atoms with Gasteiger partial charge in [-0.25, -0.2) is 9.97 Å². The lowest BCUT2D eigenvalue weighted by Crippen LogP contribution is -2.25. The first-order valence-electron chi connectivity index (χ1n) is 5.69. The number of aliphatic hydroxyl groups excluding tert-OH is 1. The highest BCUT2D eigenvalue weighted by molar-refractivity contribution is 5.26. The Hall–Kier alpha value is -1.36. The van der Waals surface area contributed by atoms with Crippen LogP contribution in [0.25, 0.3) is 0 Å². The molecule has 0 radical (unpaired) electrons. The first kappa shape index (κ1) is 13.7. The largest absolute Gasteiger partial charge is 0.494 e. The number of nitrogens with one attached hydrogen (secondary N) is 1. The minimum atomic E-state index is -0.402. The van der Waals surface area contributed by atoms with Gasteiger partial charge in [0.15, 0.2) is 5.75 Å². The fraction of sp³-hybridized carbons (Fsp3) is 0.667. The highest BCUT2D eigenvalue weighted by Crippen LogP contribution is 2.20. The van der Waals surface area contributed by atoms with Crippen molar-refractivity contribution in [2.75, 3.05) is 19.0 Å². The summed E-state index contributed by atoms with van der Waals surface area (Å²) in [5, 5.41) is 12.8. The van der Waals surface area contributed by atoms with Crippen molar-refractivity contribution in [3.8, 4) is 5.75 Å². The smallest absolute Gasteiger partial charge is 0.222 e. The van der Waals surface area contributed by atoms with E-state index in [0.29, 0.717) is 18.2 Å². The molecule has 1 rings (SSSR count). The van der Waals surface area contributed by atoms with Crippen LogP contribution < -0.4 is 10.1 Å². The lowest BCUT2D eigenvalue weighted by molar-refractivity contribution is 0.132. The standard InChI is InChI=1S/C12H21N3O2/c1-12(2,3)5-9(16)6-13-11-14-7-10(17-4)8-15-11/h7-9,16H,5-6H2,1-4H3,(H,13,14,15). The van der Waals surface area contributed by atoms with Gasteiger partial charge in [-0.15, -0.1) is 0 Å². The van der Waals surface area contributed by atoms with E-state index in [4.69, 9.17) is 4.74 Å². The van der Waals surface area contributed by atoms with E-state index in [9.17, 15) is 5.11 Å².